The maximum Gasteiger partial charge on any atom is 0.312 e. The van der Waals surface area contributed by atoms with Crippen LogP contribution >= 0.6 is 0 Å². The predicted molar refractivity (Wildman–Crippen MR) is 97.4 cm³/mol. The molecule has 2 fully saturated rings. The summed E-state index contributed by atoms with van der Waals surface area (Å²) in [5.41, 5.74) is 0.703. The number of hydrogen-bond donors (Lipinski definition) is 1. The van der Waals surface area contributed by atoms with Crippen molar-refractivity contribution in [3.05, 3.63) is 29.8 Å². The van der Waals surface area contributed by atoms with Crippen molar-refractivity contribution in [2.75, 3.05) is 11.9 Å². The highest BCUT2D eigenvalue weighted by Gasteiger charge is 2.40. The number of para-hydroxylation sites is 1. The van der Waals surface area contributed by atoms with Crippen molar-refractivity contribution in [3.8, 4) is 6.07 Å². The fraction of sp³-hybridized carbons (Fsp3) is 0.500. The standard InChI is InChI=1S/C20H23N3O4/c1-13(19(25)22-17-9-5-2-6-14(17)11-21)27-20(26)15-10-18(24)23(12-15)16-7-3-4-8-16/h2,5-6,9,13,15-16H,3-4,7-8,10,12H2,1H3,(H,22,25)/t13-,15+/m0/s1. The lowest BCUT2D eigenvalue weighted by molar-refractivity contribution is -0.157. The summed E-state index contributed by atoms with van der Waals surface area (Å²) >= 11 is 0. The van der Waals surface area contributed by atoms with E-state index in [1.54, 1.807) is 29.2 Å². The van der Waals surface area contributed by atoms with E-state index in [0.29, 0.717) is 17.8 Å². The molecule has 2 amide bonds. The Kier molecular flexibility index (Phi) is 5.75. The minimum atomic E-state index is -1.01. The van der Waals surface area contributed by atoms with Gasteiger partial charge in [0.2, 0.25) is 5.91 Å². The second kappa shape index (κ2) is 8.21. The molecule has 3 rings (SSSR count). The van der Waals surface area contributed by atoms with Crippen molar-refractivity contribution < 1.29 is 19.1 Å². The summed E-state index contributed by atoms with van der Waals surface area (Å²) in [6.45, 7) is 1.85. The van der Waals surface area contributed by atoms with Crippen LogP contribution in [0.1, 0.15) is 44.6 Å². The van der Waals surface area contributed by atoms with Crippen molar-refractivity contribution >= 4 is 23.5 Å². The zero-order valence-electron chi connectivity index (χ0n) is 15.3. The van der Waals surface area contributed by atoms with Crippen LogP contribution in [0.25, 0.3) is 0 Å². The number of anilines is 1. The van der Waals surface area contributed by atoms with Crippen molar-refractivity contribution in [2.45, 2.75) is 51.2 Å². The largest absolute Gasteiger partial charge is 0.452 e. The maximum absolute atomic E-state index is 12.4. The molecule has 0 bridgehead atoms. The van der Waals surface area contributed by atoms with E-state index < -0.39 is 23.9 Å². The highest BCUT2D eigenvalue weighted by molar-refractivity contribution is 5.96. The Bertz CT molecular complexity index is 780. The van der Waals surface area contributed by atoms with Crippen molar-refractivity contribution in [1.29, 1.82) is 5.26 Å². The molecule has 1 aromatic rings. The fourth-order valence-electron chi connectivity index (χ4n) is 3.71. The first kappa shape index (κ1) is 18.9. The van der Waals surface area contributed by atoms with Gasteiger partial charge >= 0.3 is 5.97 Å². The zero-order valence-corrected chi connectivity index (χ0v) is 15.3. The van der Waals surface area contributed by atoms with Crippen LogP contribution in [0.4, 0.5) is 5.69 Å². The van der Waals surface area contributed by atoms with Gasteiger partial charge in [-0.15, -0.1) is 0 Å². The molecule has 1 heterocycles. The van der Waals surface area contributed by atoms with Crippen LogP contribution in [0.5, 0.6) is 0 Å². The van der Waals surface area contributed by atoms with Gasteiger partial charge in [0.05, 0.1) is 17.2 Å². The number of carbonyl (C=O) groups is 3. The van der Waals surface area contributed by atoms with Gasteiger partial charge in [0.25, 0.3) is 5.91 Å². The first-order valence-corrected chi connectivity index (χ1v) is 9.29. The molecule has 1 saturated carbocycles. The van der Waals surface area contributed by atoms with Gasteiger partial charge in [-0.3, -0.25) is 14.4 Å². The van der Waals surface area contributed by atoms with Gasteiger partial charge in [-0.1, -0.05) is 25.0 Å². The number of ether oxygens (including phenoxy) is 1. The highest BCUT2D eigenvalue weighted by atomic mass is 16.5. The molecule has 0 aromatic heterocycles. The van der Waals surface area contributed by atoms with Crippen LogP contribution in [-0.2, 0) is 19.1 Å². The van der Waals surface area contributed by atoms with E-state index >= 15 is 0 Å². The van der Waals surface area contributed by atoms with Gasteiger partial charge in [-0.2, -0.15) is 5.26 Å². The molecule has 1 aliphatic heterocycles. The number of likely N-dealkylation sites (tertiary alicyclic amines) is 1. The third kappa shape index (κ3) is 4.27. The Labute approximate surface area is 158 Å². The summed E-state index contributed by atoms with van der Waals surface area (Å²) in [6, 6.07) is 8.84. The number of rotatable bonds is 5. The topological polar surface area (TPSA) is 99.5 Å². The van der Waals surface area contributed by atoms with Crippen LogP contribution in [-0.4, -0.2) is 41.4 Å². The number of benzene rings is 1. The Morgan fingerprint density at radius 1 is 1.30 bits per heavy atom. The number of amides is 2. The van der Waals surface area contributed by atoms with Crippen LogP contribution in [0.3, 0.4) is 0 Å². The van der Waals surface area contributed by atoms with Gasteiger partial charge in [0, 0.05) is 19.0 Å². The monoisotopic (exact) mass is 369 g/mol. The molecule has 1 aromatic carbocycles. The second-order valence-electron chi connectivity index (χ2n) is 7.11. The number of esters is 1. The first-order valence-electron chi connectivity index (χ1n) is 9.29. The third-order valence-corrected chi connectivity index (χ3v) is 5.22. The summed E-state index contributed by atoms with van der Waals surface area (Å²) in [6.07, 6.45) is 3.34. The molecule has 1 saturated heterocycles. The zero-order chi connectivity index (χ0) is 19.4. The molecule has 2 aliphatic rings. The lowest BCUT2D eigenvalue weighted by Crippen LogP contribution is -2.36. The van der Waals surface area contributed by atoms with Crippen LogP contribution in [0, 0.1) is 17.2 Å². The minimum Gasteiger partial charge on any atom is -0.452 e. The lowest BCUT2D eigenvalue weighted by Gasteiger charge is -2.24. The van der Waals surface area contributed by atoms with Crippen molar-refractivity contribution in [1.82, 2.24) is 4.90 Å². The molecule has 1 N–H and O–H groups in total. The molecule has 7 nitrogen and oxygen atoms in total. The van der Waals surface area contributed by atoms with Gasteiger partial charge in [-0.25, -0.2) is 0 Å². The molecule has 0 radical (unpaired) electrons. The van der Waals surface area contributed by atoms with Crippen LogP contribution in [0.2, 0.25) is 0 Å². The summed E-state index contributed by atoms with van der Waals surface area (Å²) in [5.74, 6) is -1.58. The molecule has 142 valence electrons. The normalized spacial score (nSPS) is 21.0. The average Bonchev–Trinajstić information content (AvgIpc) is 3.31. The van der Waals surface area contributed by atoms with E-state index in [-0.39, 0.29) is 18.4 Å². The molecule has 0 unspecified atom stereocenters. The Morgan fingerprint density at radius 2 is 2.00 bits per heavy atom. The first-order chi connectivity index (χ1) is 13.0. The van der Waals surface area contributed by atoms with E-state index in [0.717, 1.165) is 25.7 Å². The summed E-state index contributed by atoms with van der Waals surface area (Å²) in [7, 11) is 0. The molecule has 2 atom stereocenters. The molecular formula is C20H23N3O4. The average molecular weight is 369 g/mol. The van der Waals surface area contributed by atoms with Crippen LogP contribution in [0.15, 0.2) is 24.3 Å². The van der Waals surface area contributed by atoms with Gasteiger partial charge < -0.3 is 15.0 Å². The Hall–Kier alpha value is -2.88. The van der Waals surface area contributed by atoms with Crippen LogP contribution < -0.4 is 5.32 Å². The lowest BCUT2D eigenvalue weighted by atomic mass is 10.1. The number of carbonyl (C=O) groups excluding carboxylic acids is 3. The SMILES string of the molecule is C[C@H](OC(=O)[C@@H]1CC(=O)N(C2CCCC2)C1)C(=O)Nc1ccccc1C#N. The summed E-state index contributed by atoms with van der Waals surface area (Å²) in [5, 5.41) is 11.7. The van der Waals surface area contributed by atoms with Gasteiger partial charge in [0.1, 0.15) is 6.07 Å². The Morgan fingerprint density at radius 3 is 2.70 bits per heavy atom. The quantitative estimate of drug-likeness (QED) is 0.802. The molecule has 27 heavy (non-hydrogen) atoms. The highest BCUT2D eigenvalue weighted by Crippen LogP contribution is 2.30. The number of hydrogen-bond acceptors (Lipinski definition) is 5. The van der Waals surface area contributed by atoms with Crippen molar-refractivity contribution in [3.63, 3.8) is 0 Å². The molecular weight excluding hydrogens is 346 g/mol. The van der Waals surface area contributed by atoms with E-state index in [1.165, 1.54) is 6.92 Å². The van der Waals surface area contributed by atoms with Gasteiger partial charge in [0.15, 0.2) is 6.10 Å². The van der Waals surface area contributed by atoms with Gasteiger partial charge in [-0.05, 0) is 31.9 Å². The molecule has 7 heteroatoms. The van der Waals surface area contributed by atoms with E-state index in [2.05, 4.69) is 5.32 Å². The number of nitrogens with one attached hydrogen (secondary N) is 1. The summed E-state index contributed by atoms with van der Waals surface area (Å²) in [4.78, 5) is 38.7. The third-order valence-electron chi connectivity index (χ3n) is 5.22. The van der Waals surface area contributed by atoms with E-state index in [4.69, 9.17) is 10.00 Å². The Balaban J connectivity index is 1.55. The number of nitriles is 1. The number of nitrogens with zero attached hydrogens (tertiary/aromatic N) is 2. The van der Waals surface area contributed by atoms with E-state index in [9.17, 15) is 14.4 Å². The maximum atomic E-state index is 12.4. The minimum absolute atomic E-state index is 0.0103. The second-order valence-corrected chi connectivity index (χ2v) is 7.11. The van der Waals surface area contributed by atoms with Crippen molar-refractivity contribution in [2.24, 2.45) is 5.92 Å². The smallest absolute Gasteiger partial charge is 0.312 e. The predicted octanol–water partition coefficient (Wildman–Crippen LogP) is 2.22. The van der Waals surface area contributed by atoms with E-state index in [1.807, 2.05) is 6.07 Å². The molecule has 1 aliphatic carbocycles. The fourth-order valence-corrected chi connectivity index (χ4v) is 3.71. The molecule has 0 spiro atoms. The summed E-state index contributed by atoms with van der Waals surface area (Å²) < 4.78 is 5.29.